The lowest BCUT2D eigenvalue weighted by molar-refractivity contribution is 0.0943. The zero-order chi connectivity index (χ0) is 13.3. The second-order valence-electron chi connectivity index (χ2n) is 3.82. The number of rotatable bonds is 3. The predicted molar refractivity (Wildman–Crippen MR) is 71.8 cm³/mol. The molecule has 2 heterocycles. The van der Waals surface area contributed by atoms with Gasteiger partial charge in [0.05, 0.1) is 16.7 Å². The van der Waals surface area contributed by atoms with E-state index in [4.69, 9.17) is 5.73 Å². The molecule has 0 unspecified atom stereocenters. The van der Waals surface area contributed by atoms with Gasteiger partial charge >= 0.3 is 0 Å². The number of nitrogens with one attached hydrogen (secondary N) is 1. The Morgan fingerprint density at radius 1 is 1.33 bits per heavy atom. The van der Waals surface area contributed by atoms with Gasteiger partial charge in [0.2, 0.25) is 5.13 Å². The van der Waals surface area contributed by atoms with Crippen LogP contribution in [0.4, 0.5) is 5.13 Å². The Morgan fingerprint density at radius 3 is 2.56 bits per heavy atom. The van der Waals surface area contributed by atoms with Gasteiger partial charge in [-0.2, -0.15) is 0 Å². The number of amides is 1. The maximum absolute atomic E-state index is 12.1. The molecule has 1 atom stereocenters. The van der Waals surface area contributed by atoms with Crippen LogP contribution in [0.3, 0.4) is 0 Å². The molecule has 0 aliphatic heterocycles. The first-order chi connectivity index (χ1) is 8.47. The summed E-state index contributed by atoms with van der Waals surface area (Å²) < 4.78 is 0. The summed E-state index contributed by atoms with van der Waals surface area (Å²) in [5.74, 6) is -0.139. The Labute approximate surface area is 112 Å². The van der Waals surface area contributed by atoms with Crippen molar-refractivity contribution in [1.29, 1.82) is 0 Å². The molecule has 2 aromatic heterocycles. The van der Waals surface area contributed by atoms with Crippen LogP contribution in [0.25, 0.3) is 0 Å². The zero-order valence-electron chi connectivity index (χ0n) is 10.2. The van der Waals surface area contributed by atoms with Gasteiger partial charge in [0.25, 0.3) is 5.91 Å². The number of thiazole rings is 1. The third kappa shape index (κ3) is 2.65. The highest BCUT2D eigenvalue weighted by Crippen LogP contribution is 2.21. The van der Waals surface area contributed by atoms with E-state index in [1.807, 2.05) is 20.8 Å². The molecule has 1 amide bonds. The van der Waals surface area contributed by atoms with Crippen molar-refractivity contribution in [2.45, 2.75) is 26.8 Å². The Morgan fingerprint density at radius 2 is 2.06 bits per heavy atom. The first-order valence-electron chi connectivity index (χ1n) is 5.31. The van der Waals surface area contributed by atoms with E-state index in [0.717, 1.165) is 10.7 Å². The summed E-state index contributed by atoms with van der Waals surface area (Å²) in [7, 11) is 0. The molecule has 96 valence electrons. The van der Waals surface area contributed by atoms with Crippen molar-refractivity contribution in [1.82, 2.24) is 20.5 Å². The minimum absolute atomic E-state index is 0.139. The number of hydrogen-bond acceptors (Lipinski definition) is 7. The number of carbonyl (C=O) groups excluding carboxylic acids is 1. The van der Waals surface area contributed by atoms with Crippen LogP contribution < -0.4 is 11.1 Å². The average molecular weight is 283 g/mol. The molecule has 0 radical (unpaired) electrons. The Hall–Kier alpha value is -1.54. The van der Waals surface area contributed by atoms with Crippen molar-refractivity contribution >= 4 is 33.7 Å². The van der Waals surface area contributed by atoms with Crippen molar-refractivity contribution in [2.75, 3.05) is 5.73 Å². The van der Waals surface area contributed by atoms with Gasteiger partial charge in [-0.25, -0.2) is 4.98 Å². The molecule has 18 heavy (non-hydrogen) atoms. The number of hydrogen-bond donors (Lipinski definition) is 2. The van der Waals surface area contributed by atoms with E-state index < -0.39 is 0 Å². The van der Waals surface area contributed by atoms with Crippen LogP contribution in [0.15, 0.2) is 0 Å². The first kappa shape index (κ1) is 12.9. The van der Waals surface area contributed by atoms with E-state index in [9.17, 15) is 4.79 Å². The maximum Gasteiger partial charge on any atom is 0.263 e. The number of nitrogen functional groups attached to an aromatic ring is 1. The maximum atomic E-state index is 12.1. The van der Waals surface area contributed by atoms with Gasteiger partial charge in [0.15, 0.2) is 0 Å². The summed E-state index contributed by atoms with van der Waals surface area (Å²) in [6.45, 7) is 5.55. The lowest BCUT2D eigenvalue weighted by atomic mass is 10.3. The van der Waals surface area contributed by atoms with Gasteiger partial charge in [0, 0.05) is 0 Å². The normalized spacial score (nSPS) is 12.4. The standard InChI is InChI=1S/C10H13N5OS2/c1-4-7(17-6(3)12-4)8(16)13-5(2)9-14-15-10(11)18-9/h5H,1-3H3,(H2,11,15)(H,13,16)/t5-/m0/s1. The lowest BCUT2D eigenvalue weighted by Gasteiger charge is -2.09. The molecule has 2 aromatic rings. The van der Waals surface area contributed by atoms with E-state index >= 15 is 0 Å². The van der Waals surface area contributed by atoms with E-state index in [1.165, 1.54) is 22.7 Å². The van der Waals surface area contributed by atoms with Crippen molar-refractivity contribution in [3.05, 3.63) is 20.6 Å². The van der Waals surface area contributed by atoms with Gasteiger partial charge in [-0.15, -0.1) is 21.5 Å². The zero-order valence-corrected chi connectivity index (χ0v) is 11.9. The number of anilines is 1. The molecule has 2 rings (SSSR count). The summed E-state index contributed by atoms with van der Waals surface area (Å²) >= 11 is 2.66. The third-order valence-corrected chi connectivity index (χ3v) is 4.29. The molecule has 3 N–H and O–H groups in total. The Bertz CT molecular complexity index is 577. The molecular weight excluding hydrogens is 270 g/mol. The van der Waals surface area contributed by atoms with Crippen molar-refractivity contribution in [2.24, 2.45) is 0 Å². The van der Waals surface area contributed by atoms with Gasteiger partial charge in [-0.1, -0.05) is 11.3 Å². The largest absolute Gasteiger partial charge is 0.374 e. The molecule has 0 aromatic carbocycles. The summed E-state index contributed by atoms with van der Waals surface area (Å²) in [5, 5.41) is 12.5. The highest BCUT2D eigenvalue weighted by atomic mass is 32.1. The van der Waals surface area contributed by atoms with Crippen LogP contribution in [-0.2, 0) is 0 Å². The number of aryl methyl sites for hydroxylation is 2. The lowest BCUT2D eigenvalue weighted by Crippen LogP contribution is -2.26. The van der Waals surface area contributed by atoms with Crippen LogP contribution in [0.2, 0.25) is 0 Å². The number of nitrogens with zero attached hydrogens (tertiary/aromatic N) is 3. The molecule has 0 fully saturated rings. The fraction of sp³-hybridized carbons (Fsp3) is 0.400. The fourth-order valence-corrected chi connectivity index (χ4v) is 2.92. The van der Waals surface area contributed by atoms with Crippen molar-refractivity contribution in [3.8, 4) is 0 Å². The molecule has 8 heteroatoms. The van der Waals surface area contributed by atoms with Gasteiger partial charge in [0.1, 0.15) is 9.88 Å². The van der Waals surface area contributed by atoms with E-state index in [2.05, 4.69) is 20.5 Å². The molecule has 0 aliphatic carbocycles. The predicted octanol–water partition coefficient (Wildman–Crippen LogP) is 1.68. The van der Waals surface area contributed by atoms with E-state index in [0.29, 0.717) is 15.0 Å². The highest BCUT2D eigenvalue weighted by molar-refractivity contribution is 7.15. The molecule has 0 bridgehead atoms. The van der Waals surface area contributed by atoms with Crippen LogP contribution in [0.5, 0.6) is 0 Å². The summed E-state index contributed by atoms with van der Waals surface area (Å²) in [6, 6.07) is -0.214. The monoisotopic (exact) mass is 283 g/mol. The van der Waals surface area contributed by atoms with Gasteiger partial charge < -0.3 is 11.1 Å². The second-order valence-corrected chi connectivity index (χ2v) is 6.06. The SMILES string of the molecule is Cc1nc(C)c(C(=O)N[C@@H](C)c2nnc(N)s2)s1. The quantitative estimate of drug-likeness (QED) is 0.894. The summed E-state index contributed by atoms with van der Waals surface area (Å²) in [4.78, 5) is 16.9. The molecule has 6 nitrogen and oxygen atoms in total. The Balaban J connectivity index is 2.10. The molecule has 0 aliphatic rings. The van der Waals surface area contributed by atoms with Crippen LogP contribution in [0, 0.1) is 13.8 Å². The first-order valence-corrected chi connectivity index (χ1v) is 6.94. The van der Waals surface area contributed by atoms with Crippen LogP contribution in [-0.4, -0.2) is 21.1 Å². The van der Waals surface area contributed by atoms with Crippen molar-refractivity contribution < 1.29 is 4.79 Å². The molecule has 0 saturated heterocycles. The molecule has 0 spiro atoms. The van der Waals surface area contributed by atoms with Crippen LogP contribution >= 0.6 is 22.7 Å². The highest BCUT2D eigenvalue weighted by Gasteiger charge is 2.18. The second kappa shape index (κ2) is 4.99. The average Bonchev–Trinajstić information content (AvgIpc) is 2.84. The minimum Gasteiger partial charge on any atom is -0.374 e. The third-order valence-electron chi connectivity index (χ3n) is 2.28. The van der Waals surface area contributed by atoms with Crippen LogP contribution in [0.1, 0.15) is 38.3 Å². The Kier molecular flexibility index (Phi) is 3.58. The summed E-state index contributed by atoms with van der Waals surface area (Å²) in [6.07, 6.45) is 0. The molecule has 0 saturated carbocycles. The van der Waals surface area contributed by atoms with E-state index in [-0.39, 0.29) is 11.9 Å². The number of aromatic nitrogens is 3. The van der Waals surface area contributed by atoms with E-state index in [1.54, 1.807) is 0 Å². The fourth-order valence-electron chi connectivity index (χ4n) is 1.49. The van der Waals surface area contributed by atoms with Gasteiger partial charge in [-0.05, 0) is 20.8 Å². The van der Waals surface area contributed by atoms with Gasteiger partial charge in [-0.3, -0.25) is 4.79 Å². The van der Waals surface area contributed by atoms with Crippen molar-refractivity contribution in [3.63, 3.8) is 0 Å². The number of carbonyl (C=O) groups is 1. The number of nitrogens with two attached hydrogens (primary N) is 1. The minimum atomic E-state index is -0.214. The smallest absolute Gasteiger partial charge is 0.263 e. The summed E-state index contributed by atoms with van der Waals surface area (Å²) in [5.41, 5.74) is 6.26. The molecular formula is C10H13N5OS2. The topological polar surface area (TPSA) is 93.8 Å².